The molecule has 1 amide bonds. The summed E-state index contributed by atoms with van der Waals surface area (Å²) < 4.78 is 0. The quantitative estimate of drug-likeness (QED) is 0.757. The minimum absolute atomic E-state index is 0.424. The third-order valence-electron chi connectivity index (χ3n) is 3.67. The van der Waals surface area contributed by atoms with Crippen molar-refractivity contribution in [2.24, 2.45) is 5.73 Å². The van der Waals surface area contributed by atoms with Crippen LogP contribution in [0.15, 0.2) is 66.9 Å². The van der Waals surface area contributed by atoms with E-state index in [-0.39, 0.29) is 0 Å². The molecule has 0 aliphatic rings. The Morgan fingerprint density at radius 1 is 1.04 bits per heavy atom. The van der Waals surface area contributed by atoms with Crippen molar-refractivity contribution >= 4 is 11.6 Å². The van der Waals surface area contributed by atoms with Gasteiger partial charge in [0.15, 0.2) is 5.82 Å². The summed E-state index contributed by atoms with van der Waals surface area (Å²) in [4.78, 5) is 20.4. The van der Waals surface area contributed by atoms with Crippen molar-refractivity contribution in [3.8, 4) is 11.4 Å². The lowest BCUT2D eigenvalue weighted by Gasteiger charge is -2.17. The zero-order chi connectivity index (χ0) is 16.9. The second kappa shape index (κ2) is 6.91. The van der Waals surface area contributed by atoms with Gasteiger partial charge in [-0.25, -0.2) is 9.97 Å². The number of primary amides is 1. The topological polar surface area (TPSA) is 80.9 Å². The minimum Gasteiger partial charge on any atom is -0.370 e. The van der Waals surface area contributed by atoms with Crippen LogP contribution in [0, 0.1) is 6.92 Å². The summed E-state index contributed by atoms with van der Waals surface area (Å²) in [6.07, 6.45) is 1.74. The van der Waals surface area contributed by atoms with Gasteiger partial charge in [0.05, 0.1) is 0 Å². The first-order valence-electron chi connectivity index (χ1n) is 7.64. The molecular weight excluding hydrogens is 300 g/mol. The Labute approximate surface area is 140 Å². The standard InChI is InChI=1S/C19H18N4O/c1-13-11-12-21-19(22-13)15-7-9-16(10-8-15)23-17(18(20)24)14-5-3-2-4-6-14/h2-12,17,23H,1H3,(H2,20,24)/t17-/m1/s1. The number of carbonyl (C=O) groups is 1. The number of nitrogens with two attached hydrogens (primary N) is 1. The van der Waals surface area contributed by atoms with Gasteiger partial charge in [-0.2, -0.15) is 0 Å². The van der Waals surface area contributed by atoms with Crippen LogP contribution in [-0.2, 0) is 4.79 Å². The van der Waals surface area contributed by atoms with Crippen molar-refractivity contribution in [2.45, 2.75) is 13.0 Å². The largest absolute Gasteiger partial charge is 0.370 e. The predicted molar refractivity (Wildman–Crippen MR) is 94.2 cm³/mol. The van der Waals surface area contributed by atoms with Crippen molar-refractivity contribution in [1.82, 2.24) is 9.97 Å². The van der Waals surface area contributed by atoms with Gasteiger partial charge in [-0.15, -0.1) is 0 Å². The van der Waals surface area contributed by atoms with Crippen molar-refractivity contribution in [1.29, 1.82) is 0 Å². The van der Waals surface area contributed by atoms with Crippen LogP contribution in [0.25, 0.3) is 11.4 Å². The van der Waals surface area contributed by atoms with E-state index in [0.29, 0.717) is 5.82 Å². The molecule has 1 heterocycles. The van der Waals surface area contributed by atoms with Crippen molar-refractivity contribution in [2.75, 3.05) is 5.32 Å². The van der Waals surface area contributed by atoms with Crippen molar-refractivity contribution < 1.29 is 4.79 Å². The second-order valence-electron chi connectivity index (χ2n) is 5.49. The van der Waals surface area contributed by atoms with E-state index < -0.39 is 11.9 Å². The molecule has 0 unspecified atom stereocenters. The molecule has 3 N–H and O–H groups in total. The van der Waals surface area contributed by atoms with E-state index in [2.05, 4.69) is 15.3 Å². The van der Waals surface area contributed by atoms with E-state index in [1.165, 1.54) is 0 Å². The molecule has 24 heavy (non-hydrogen) atoms. The molecule has 1 aromatic heterocycles. The van der Waals surface area contributed by atoms with Crippen LogP contribution in [0.4, 0.5) is 5.69 Å². The minimum atomic E-state index is -0.577. The van der Waals surface area contributed by atoms with E-state index in [4.69, 9.17) is 5.73 Å². The lowest BCUT2D eigenvalue weighted by atomic mass is 10.1. The molecule has 0 fully saturated rings. The van der Waals surface area contributed by atoms with E-state index in [1.807, 2.05) is 67.6 Å². The molecule has 3 aromatic rings. The molecule has 1 atom stereocenters. The molecule has 0 spiro atoms. The highest BCUT2D eigenvalue weighted by molar-refractivity contribution is 5.84. The number of benzene rings is 2. The predicted octanol–water partition coefficient (Wildman–Crippen LogP) is 3.09. The molecule has 0 saturated carbocycles. The Morgan fingerprint density at radius 2 is 1.75 bits per heavy atom. The SMILES string of the molecule is Cc1ccnc(-c2ccc(N[C@@H](C(N)=O)c3ccccc3)cc2)n1. The molecule has 3 rings (SSSR count). The number of nitrogens with one attached hydrogen (secondary N) is 1. The summed E-state index contributed by atoms with van der Waals surface area (Å²) in [6.45, 7) is 1.93. The fraction of sp³-hybridized carbons (Fsp3) is 0.105. The van der Waals surface area contributed by atoms with Gasteiger partial charge in [-0.05, 0) is 42.8 Å². The maximum atomic E-state index is 11.8. The van der Waals surface area contributed by atoms with Crippen LogP contribution in [0.2, 0.25) is 0 Å². The summed E-state index contributed by atoms with van der Waals surface area (Å²) in [5.74, 6) is 0.253. The molecule has 0 radical (unpaired) electrons. The van der Waals surface area contributed by atoms with Crippen LogP contribution < -0.4 is 11.1 Å². The van der Waals surface area contributed by atoms with E-state index in [0.717, 1.165) is 22.5 Å². The molecular formula is C19H18N4O. The number of rotatable bonds is 5. The summed E-state index contributed by atoms with van der Waals surface area (Å²) in [6, 6.07) is 18.3. The number of hydrogen-bond donors (Lipinski definition) is 2. The first-order chi connectivity index (χ1) is 11.6. The molecule has 0 saturated heterocycles. The number of aromatic nitrogens is 2. The molecule has 0 aliphatic heterocycles. The van der Waals surface area contributed by atoms with Gasteiger partial charge >= 0.3 is 0 Å². The molecule has 0 aliphatic carbocycles. The highest BCUT2D eigenvalue weighted by atomic mass is 16.1. The maximum Gasteiger partial charge on any atom is 0.244 e. The number of nitrogens with zero attached hydrogens (tertiary/aromatic N) is 2. The van der Waals surface area contributed by atoms with Crippen LogP contribution >= 0.6 is 0 Å². The Bertz CT molecular complexity index is 832. The van der Waals surface area contributed by atoms with Crippen LogP contribution in [0.1, 0.15) is 17.3 Å². The van der Waals surface area contributed by atoms with E-state index in [9.17, 15) is 4.79 Å². The number of amides is 1. The van der Waals surface area contributed by atoms with E-state index in [1.54, 1.807) is 6.20 Å². The lowest BCUT2D eigenvalue weighted by Crippen LogP contribution is -2.27. The summed E-state index contributed by atoms with van der Waals surface area (Å²) in [7, 11) is 0. The molecule has 120 valence electrons. The normalized spacial score (nSPS) is 11.7. The van der Waals surface area contributed by atoms with Gasteiger partial charge < -0.3 is 11.1 Å². The van der Waals surface area contributed by atoms with Crippen LogP contribution in [0.5, 0.6) is 0 Å². The van der Waals surface area contributed by atoms with Gasteiger partial charge in [-0.3, -0.25) is 4.79 Å². The second-order valence-corrected chi connectivity index (χ2v) is 5.49. The summed E-state index contributed by atoms with van der Waals surface area (Å²) in [5, 5.41) is 3.17. The Morgan fingerprint density at radius 3 is 2.38 bits per heavy atom. The van der Waals surface area contributed by atoms with Gasteiger partial charge in [0.2, 0.25) is 5.91 Å². The highest BCUT2D eigenvalue weighted by Crippen LogP contribution is 2.22. The smallest absolute Gasteiger partial charge is 0.244 e. The number of hydrogen-bond acceptors (Lipinski definition) is 4. The first kappa shape index (κ1) is 15.7. The summed E-state index contributed by atoms with van der Waals surface area (Å²) in [5.41, 5.74) is 9.00. The Hall–Kier alpha value is -3.21. The fourth-order valence-corrected chi connectivity index (χ4v) is 2.43. The Balaban J connectivity index is 1.81. The van der Waals surface area contributed by atoms with Gasteiger partial charge in [0, 0.05) is 23.1 Å². The monoisotopic (exact) mass is 318 g/mol. The Kier molecular flexibility index (Phi) is 4.52. The molecule has 5 heteroatoms. The average molecular weight is 318 g/mol. The highest BCUT2D eigenvalue weighted by Gasteiger charge is 2.17. The molecule has 0 bridgehead atoms. The average Bonchev–Trinajstić information content (AvgIpc) is 2.61. The van der Waals surface area contributed by atoms with Crippen molar-refractivity contribution in [3.05, 3.63) is 78.1 Å². The zero-order valence-corrected chi connectivity index (χ0v) is 13.3. The number of carbonyl (C=O) groups excluding carboxylic acids is 1. The fourth-order valence-electron chi connectivity index (χ4n) is 2.43. The number of aryl methyl sites for hydroxylation is 1. The lowest BCUT2D eigenvalue weighted by molar-refractivity contribution is -0.118. The van der Waals surface area contributed by atoms with Crippen molar-refractivity contribution in [3.63, 3.8) is 0 Å². The van der Waals surface area contributed by atoms with Crippen LogP contribution in [-0.4, -0.2) is 15.9 Å². The first-order valence-corrected chi connectivity index (χ1v) is 7.64. The van der Waals surface area contributed by atoms with E-state index >= 15 is 0 Å². The number of anilines is 1. The van der Waals surface area contributed by atoms with Gasteiger partial charge in [0.25, 0.3) is 0 Å². The van der Waals surface area contributed by atoms with Gasteiger partial charge in [0.1, 0.15) is 6.04 Å². The van der Waals surface area contributed by atoms with Gasteiger partial charge in [-0.1, -0.05) is 30.3 Å². The third kappa shape index (κ3) is 3.57. The molecule has 2 aromatic carbocycles. The molecule has 5 nitrogen and oxygen atoms in total. The van der Waals surface area contributed by atoms with Crippen LogP contribution in [0.3, 0.4) is 0 Å². The third-order valence-corrected chi connectivity index (χ3v) is 3.67. The maximum absolute atomic E-state index is 11.8. The summed E-state index contributed by atoms with van der Waals surface area (Å²) >= 11 is 0. The zero-order valence-electron chi connectivity index (χ0n) is 13.3.